The van der Waals surface area contributed by atoms with Crippen LogP contribution in [0.1, 0.15) is 38.7 Å². The van der Waals surface area contributed by atoms with E-state index in [-0.39, 0.29) is 28.4 Å². The molecule has 1 aromatic heterocycles. The summed E-state index contributed by atoms with van der Waals surface area (Å²) < 4.78 is 14.2. The number of hydrogen-bond donors (Lipinski definition) is 1. The summed E-state index contributed by atoms with van der Waals surface area (Å²) in [5.41, 5.74) is 1.62. The van der Waals surface area contributed by atoms with E-state index in [1.54, 1.807) is 35.5 Å². The number of carbonyl (C=O) groups is 2. The van der Waals surface area contributed by atoms with Crippen molar-refractivity contribution in [3.63, 3.8) is 0 Å². The van der Waals surface area contributed by atoms with Gasteiger partial charge in [-0.1, -0.05) is 48.0 Å². The third-order valence-electron chi connectivity index (χ3n) is 7.21. The van der Waals surface area contributed by atoms with Crippen molar-refractivity contribution in [2.24, 2.45) is 11.8 Å². The summed E-state index contributed by atoms with van der Waals surface area (Å²) in [6, 6.07) is 17.6. The second kappa shape index (κ2) is 10.8. The van der Waals surface area contributed by atoms with Crippen LogP contribution in [0.2, 0.25) is 5.02 Å². The molecule has 2 aliphatic rings. The number of hydrogen-bond acceptors (Lipinski definition) is 4. The van der Waals surface area contributed by atoms with Crippen LogP contribution in [0.15, 0.2) is 73.1 Å². The molecule has 0 bridgehead atoms. The SMILES string of the molecule is O=C(N[C@@H](CCN1CC2CN(C(=O)c3c(F)cccc3Cl)CC2C1)c1ccccc1)c1ccncc1. The van der Waals surface area contributed by atoms with Crippen LogP contribution in [0, 0.1) is 17.7 Å². The van der Waals surface area contributed by atoms with Crippen molar-refractivity contribution in [3.05, 3.63) is 101 Å². The fourth-order valence-electron chi connectivity index (χ4n) is 5.36. The minimum absolute atomic E-state index is 0.0355. The van der Waals surface area contributed by atoms with Crippen LogP contribution >= 0.6 is 11.6 Å². The van der Waals surface area contributed by atoms with Crippen LogP contribution in [0.25, 0.3) is 0 Å². The topological polar surface area (TPSA) is 65.5 Å². The smallest absolute Gasteiger partial charge is 0.258 e. The molecule has 2 fully saturated rings. The molecular formula is C28H28ClFN4O2. The zero-order valence-corrected chi connectivity index (χ0v) is 20.6. The van der Waals surface area contributed by atoms with Crippen molar-refractivity contribution in [3.8, 4) is 0 Å². The van der Waals surface area contributed by atoms with Crippen molar-refractivity contribution in [2.75, 3.05) is 32.7 Å². The Hall–Kier alpha value is -3.29. The first-order valence-electron chi connectivity index (χ1n) is 12.2. The van der Waals surface area contributed by atoms with Crippen LogP contribution in [0.4, 0.5) is 4.39 Å². The lowest BCUT2D eigenvalue weighted by molar-refractivity contribution is 0.0769. The highest BCUT2D eigenvalue weighted by atomic mass is 35.5. The number of carbonyl (C=O) groups excluding carboxylic acids is 2. The maximum atomic E-state index is 14.2. The minimum atomic E-state index is -0.577. The summed E-state index contributed by atoms with van der Waals surface area (Å²) >= 11 is 6.11. The van der Waals surface area contributed by atoms with Crippen LogP contribution < -0.4 is 5.32 Å². The van der Waals surface area contributed by atoms with Crippen LogP contribution in [0.5, 0.6) is 0 Å². The van der Waals surface area contributed by atoms with Gasteiger partial charge in [0.05, 0.1) is 16.6 Å². The highest BCUT2D eigenvalue weighted by Gasteiger charge is 2.42. The fourth-order valence-corrected chi connectivity index (χ4v) is 5.61. The van der Waals surface area contributed by atoms with Gasteiger partial charge in [0, 0.05) is 50.7 Å². The predicted molar refractivity (Wildman–Crippen MR) is 136 cm³/mol. The van der Waals surface area contributed by atoms with Gasteiger partial charge in [-0.3, -0.25) is 14.6 Å². The number of nitrogens with one attached hydrogen (secondary N) is 1. The molecule has 0 radical (unpaired) electrons. The Morgan fingerprint density at radius 1 is 0.972 bits per heavy atom. The number of aromatic nitrogens is 1. The molecule has 2 aliphatic heterocycles. The number of amides is 2. The summed E-state index contributed by atoms with van der Waals surface area (Å²) in [6.45, 7) is 3.78. The van der Waals surface area contributed by atoms with Gasteiger partial charge in [0.15, 0.2) is 0 Å². The molecular weight excluding hydrogens is 479 g/mol. The van der Waals surface area contributed by atoms with Crippen molar-refractivity contribution in [2.45, 2.75) is 12.5 Å². The average molecular weight is 507 g/mol. The molecule has 5 rings (SSSR count). The molecule has 2 amide bonds. The molecule has 186 valence electrons. The maximum Gasteiger partial charge on any atom is 0.258 e. The molecule has 3 atom stereocenters. The Bertz CT molecular complexity index is 1190. The highest BCUT2D eigenvalue weighted by Crippen LogP contribution is 2.33. The number of fused-ring (bicyclic) bond motifs is 1. The van der Waals surface area contributed by atoms with E-state index in [0.29, 0.717) is 30.5 Å². The minimum Gasteiger partial charge on any atom is -0.345 e. The van der Waals surface area contributed by atoms with E-state index >= 15 is 0 Å². The first-order chi connectivity index (χ1) is 17.5. The summed E-state index contributed by atoms with van der Waals surface area (Å²) in [5.74, 6) is -0.332. The predicted octanol–water partition coefficient (Wildman–Crippen LogP) is 4.44. The summed E-state index contributed by atoms with van der Waals surface area (Å²) in [5, 5.41) is 3.33. The number of rotatable bonds is 7. The number of halogens is 2. The molecule has 6 nitrogen and oxygen atoms in total. The molecule has 1 N–H and O–H groups in total. The molecule has 3 heterocycles. The second-order valence-corrected chi connectivity index (χ2v) is 9.96. The van der Waals surface area contributed by atoms with E-state index in [4.69, 9.17) is 11.6 Å². The maximum absolute atomic E-state index is 14.2. The lowest BCUT2D eigenvalue weighted by Crippen LogP contribution is -2.35. The molecule has 2 saturated heterocycles. The van der Waals surface area contributed by atoms with Crippen LogP contribution in [-0.4, -0.2) is 59.3 Å². The van der Waals surface area contributed by atoms with E-state index in [0.717, 1.165) is 31.6 Å². The number of nitrogens with zero attached hydrogens (tertiary/aromatic N) is 3. The fraction of sp³-hybridized carbons (Fsp3) is 0.321. The molecule has 0 saturated carbocycles. The quantitative estimate of drug-likeness (QED) is 0.514. The normalized spacial score (nSPS) is 20.2. The standard InChI is InChI=1S/C28H28ClFN4O2/c29-23-7-4-8-24(30)26(23)28(36)34-17-21-15-33(16-22(21)18-34)14-11-25(19-5-2-1-3-6-19)32-27(35)20-9-12-31-13-10-20/h1-10,12-13,21-22,25H,11,14-18H2,(H,32,35)/t21?,22?,25-/m0/s1. The molecule has 36 heavy (non-hydrogen) atoms. The van der Waals surface area contributed by atoms with E-state index in [1.807, 2.05) is 30.3 Å². The van der Waals surface area contributed by atoms with E-state index in [2.05, 4.69) is 15.2 Å². The Labute approximate surface area is 215 Å². The number of likely N-dealkylation sites (tertiary alicyclic amines) is 2. The third-order valence-corrected chi connectivity index (χ3v) is 7.52. The van der Waals surface area contributed by atoms with Gasteiger partial charge in [-0.05, 0) is 48.1 Å². The Balaban J connectivity index is 1.19. The lowest BCUT2D eigenvalue weighted by Gasteiger charge is -2.25. The second-order valence-electron chi connectivity index (χ2n) is 9.55. The first-order valence-corrected chi connectivity index (χ1v) is 12.6. The van der Waals surface area contributed by atoms with Gasteiger partial charge in [0.25, 0.3) is 11.8 Å². The van der Waals surface area contributed by atoms with Gasteiger partial charge in [0.1, 0.15) is 5.82 Å². The third kappa shape index (κ3) is 5.27. The van der Waals surface area contributed by atoms with Gasteiger partial charge < -0.3 is 15.1 Å². The van der Waals surface area contributed by atoms with Crippen molar-refractivity contribution in [1.82, 2.24) is 20.1 Å². The molecule has 8 heteroatoms. The van der Waals surface area contributed by atoms with Crippen molar-refractivity contribution >= 4 is 23.4 Å². The number of pyridine rings is 1. The Kier molecular flexibility index (Phi) is 7.30. The van der Waals surface area contributed by atoms with Crippen molar-refractivity contribution < 1.29 is 14.0 Å². The van der Waals surface area contributed by atoms with Gasteiger partial charge in [-0.15, -0.1) is 0 Å². The zero-order valence-electron chi connectivity index (χ0n) is 19.8. The summed E-state index contributed by atoms with van der Waals surface area (Å²) in [4.78, 5) is 33.9. The van der Waals surface area contributed by atoms with Gasteiger partial charge in [0.2, 0.25) is 0 Å². The monoisotopic (exact) mass is 506 g/mol. The first kappa shape index (κ1) is 24.4. The summed E-state index contributed by atoms with van der Waals surface area (Å²) in [6.07, 6.45) is 4.00. The van der Waals surface area contributed by atoms with E-state index in [9.17, 15) is 14.0 Å². The lowest BCUT2D eigenvalue weighted by atomic mass is 10.0. The van der Waals surface area contributed by atoms with Crippen molar-refractivity contribution in [1.29, 1.82) is 0 Å². The molecule has 0 spiro atoms. The Morgan fingerprint density at radius 2 is 1.67 bits per heavy atom. The van der Waals surface area contributed by atoms with Crippen LogP contribution in [-0.2, 0) is 0 Å². The number of benzene rings is 2. The molecule has 2 unspecified atom stereocenters. The average Bonchev–Trinajstić information content (AvgIpc) is 3.46. The molecule has 3 aromatic rings. The summed E-state index contributed by atoms with van der Waals surface area (Å²) in [7, 11) is 0. The van der Waals surface area contributed by atoms with Gasteiger partial charge in [-0.25, -0.2) is 4.39 Å². The molecule has 2 aromatic carbocycles. The van der Waals surface area contributed by atoms with E-state index in [1.165, 1.54) is 12.1 Å². The van der Waals surface area contributed by atoms with Crippen LogP contribution in [0.3, 0.4) is 0 Å². The molecule has 0 aliphatic carbocycles. The zero-order chi connectivity index (χ0) is 25.1. The largest absolute Gasteiger partial charge is 0.345 e. The highest BCUT2D eigenvalue weighted by molar-refractivity contribution is 6.33. The van der Waals surface area contributed by atoms with Gasteiger partial charge in [-0.2, -0.15) is 0 Å². The van der Waals surface area contributed by atoms with E-state index < -0.39 is 5.82 Å². The van der Waals surface area contributed by atoms with Gasteiger partial charge >= 0.3 is 0 Å². The Morgan fingerprint density at radius 3 is 2.33 bits per heavy atom.